The van der Waals surface area contributed by atoms with Gasteiger partial charge in [-0.2, -0.15) is 0 Å². The van der Waals surface area contributed by atoms with Gasteiger partial charge < -0.3 is 4.74 Å². The first-order chi connectivity index (χ1) is 16.9. The van der Waals surface area contributed by atoms with Crippen LogP contribution in [0, 0.1) is 13.8 Å². The third kappa shape index (κ3) is 4.90. The number of rotatable bonds is 6. The zero-order valence-electron chi connectivity index (χ0n) is 20.2. The summed E-state index contributed by atoms with van der Waals surface area (Å²) in [5.74, 6) is 0. The van der Waals surface area contributed by atoms with Crippen LogP contribution in [0.1, 0.15) is 33.5 Å². The summed E-state index contributed by atoms with van der Waals surface area (Å²) >= 11 is 0. The quantitative estimate of drug-likeness (QED) is 0.334. The van der Waals surface area contributed by atoms with E-state index in [2.05, 4.69) is 42.2 Å². The molecule has 4 aromatic carbocycles. The van der Waals surface area contributed by atoms with Gasteiger partial charge in [0.05, 0.1) is 24.2 Å². The number of nitrogens with zero attached hydrogens (tertiary/aromatic N) is 1. The number of aryl methyl sites for hydroxylation is 2. The zero-order chi connectivity index (χ0) is 24.4. The molecule has 1 aliphatic heterocycles. The number of benzene rings is 4. The monoisotopic (exact) mass is 485 g/mol. The van der Waals surface area contributed by atoms with Crippen molar-refractivity contribution in [3.8, 4) is 0 Å². The highest BCUT2D eigenvalue weighted by Crippen LogP contribution is 2.44. The van der Waals surface area contributed by atoms with Crippen LogP contribution in [-0.4, -0.2) is 39.6 Å². The Labute approximate surface area is 208 Å². The van der Waals surface area contributed by atoms with Crippen molar-refractivity contribution in [1.29, 1.82) is 0 Å². The highest BCUT2D eigenvalue weighted by Gasteiger charge is 2.40. The van der Waals surface area contributed by atoms with Crippen molar-refractivity contribution in [2.24, 2.45) is 0 Å². The highest BCUT2D eigenvalue weighted by molar-refractivity contribution is 7.91. The molecule has 35 heavy (non-hydrogen) atoms. The summed E-state index contributed by atoms with van der Waals surface area (Å²) in [6.07, 6.45) is 0. The van der Waals surface area contributed by atoms with E-state index in [-0.39, 0.29) is 6.04 Å². The van der Waals surface area contributed by atoms with Gasteiger partial charge in [0.25, 0.3) is 0 Å². The lowest BCUT2D eigenvalue weighted by Gasteiger charge is -2.39. The van der Waals surface area contributed by atoms with E-state index in [4.69, 9.17) is 4.74 Å². The van der Waals surface area contributed by atoms with E-state index in [1.165, 1.54) is 0 Å². The van der Waals surface area contributed by atoms with Crippen molar-refractivity contribution in [3.05, 3.63) is 113 Å². The molecule has 0 aromatic heterocycles. The molecule has 0 spiro atoms. The zero-order valence-corrected chi connectivity index (χ0v) is 21.0. The van der Waals surface area contributed by atoms with Gasteiger partial charge in [-0.15, -0.1) is 0 Å². The Morgan fingerprint density at radius 3 is 1.94 bits per heavy atom. The molecule has 5 heteroatoms. The Balaban J connectivity index is 1.73. The van der Waals surface area contributed by atoms with Crippen LogP contribution < -0.4 is 0 Å². The molecule has 2 unspecified atom stereocenters. The minimum Gasteiger partial charge on any atom is -0.379 e. The van der Waals surface area contributed by atoms with Crippen molar-refractivity contribution in [3.63, 3.8) is 0 Å². The van der Waals surface area contributed by atoms with E-state index in [0.717, 1.165) is 33.0 Å². The van der Waals surface area contributed by atoms with Gasteiger partial charge in [-0.1, -0.05) is 83.9 Å². The van der Waals surface area contributed by atoms with Gasteiger partial charge >= 0.3 is 0 Å². The van der Waals surface area contributed by atoms with Crippen LogP contribution in [0.25, 0.3) is 10.8 Å². The van der Waals surface area contributed by atoms with Gasteiger partial charge in [-0.25, -0.2) is 8.42 Å². The molecule has 1 aliphatic rings. The first-order valence-corrected chi connectivity index (χ1v) is 13.7. The number of morpholine rings is 1. The van der Waals surface area contributed by atoms with E-state index in [1.54, 1.807) is 12.1 Å². The average molecular weight is 486 g/mol. The fraction of sp³-hybridized carbons (Fsp3) is 0.267. The first kappa shape index (κ1) is 23.7. The number of sulfone groups is 1. The first-order valence-electron chi connectivity index (χ1n) is 12.1. The summed E-state index contributed by atoms with van der Waals surface area (Å²) in [6, 6.07) is 29.4. The number of fused-ring (bicyclic) bond motifs is 1. The van der Waals surface area contributed by atoms with Crippen LogP contribution in [0.3, 0.4) is 0 Å². The maximum Gasteiger partial charge on any atom is 0.187 e. The van der Waals surface area contributed by atoms with E-state index < -0.39 is 15.1 Å². The topological polar surface area (TPSA) is 46.6 Å². The van der Waals surface area contributed by atoms with Gasteiger partial charge in [-0.3, -0.25) is 4.90 Å². The maximum absolute atomic E-state index is 14.4. The van der Waals surface area contributed by atoms with Crippen molar-refractivity contribution in [2.45, 2.75) is 30.0 Å². The van der Waals surface area contributed by atoms with E-state index in [1.807, 2.05) is 55.5 Å². The molecule has 0 aliphatic carbocycles. The lowest BCUT2D eigenvalue weighted by molar-refractivity contribution is 0.0149. The van der Waals surface area contributed by atoms with Crippen molar-refractivity contribution in [2.75, 3.05) is 26.3 Å². The predicted octanol–water partition coefficient (Wildman–Crippen LogP) is 6.05. The molecule has 1 saturated heterocycles. The molecule has 0 radical (unpaired) electrons. The van der Waals surface area contributed by atoms with Crippen LogP contribution in [0.2, 0.25) is 0 Å². The Morgan fingerprint density at radius 2 is 1.29 bits per heavy atom. The normalized spacial score (nSPS) is 16.7. The number of hydrogen-bond donors (Lipinski definition) is 0. The smallest absolute Gasteiger partial charge is 0.187 e. The molecule has 1 fully saturated rings. The van der Waals surface area contributed by atoms with E-state index in [9.17, 15) is 8.42 Å². The van der Waals surface area contributed by atoms with Gasteiger partial charge in [0.1, 0.15) is 5.25 Å². The molecule has 4 aromatic rings. The Kier molecular flexibility index (Phi) is 6.74. The van der Waals surface area contributed by atoms with Crippen LogP contribution in [0.15, 0.2) is 95.9 Å². The van der Waals surface area contributed by atoms with E-state index in [0.29, 0.717) is 31.2 Å². The van der Waals surface area contributed by atoms with Gasteiger partial charge in [-0.05, 0) is 53.9 Å². The standard InChI is InChI=1S/C30H31NO3S/c1-22-7-11-25(12-8-22)29(31-17-19-34-20-18-31)30(35(32,33)28-15-9-23(2)10-16-28)27-14-13-24-5-3-4-6-26(24)21-27/h3-16,21,29-30H,17-20H2,1-2H3. The molecule has 0 saturated carbocycles. The SMILES string of the molecule is Cc1ccc(C(C(c2ccc3ccccc3c2)S(=O)(=O)c2ccc(C)cc2)N2CCOCC2)cc1. The molecule has 4 nitrogen and oxygen atoms in total. The van der Waals surface area contributed by atoms with E-state index >= 15 is 0 Å². The molecule has 180 valence electrons. The Hall–Kier alpha value is -2.99. The second-order valence-electron chi connectivity index (χ2n) is 9.39. The third-order valence-electron chi connectivity index (χ3n) is 6.93. The summed E-state index contributed by atoms with van der Waals surface area (Å²) < 4.78 is 34.5. The predicted molar refractivity (Wildman–Crippen MR) is 141 cm³/mol. The number of hydrogen-bond acceptors (Lipinski definition) is 4. The molecule has 0 amide bonds. The molecule has 1 heterocycles. The largest absolute Gasteiger partial charge is 0.379 e. The lowest BCUT2D eigenvalue weighted by Crippen LogP contribution is -2.43. The van der Waals surface area contributed by atoms with Crippen molar-refractivity contribution in [1.82, 2.24) is 4.90 Å². The minimum absolute atomic E-state index is 0.341. The summed E-state index contributed by atoms with van der Waals surface area (Å²) in [6.45, 7) is 6.59. The molecular formula is C30H31NO3S. The molecule has 5 rings (SSSR count). The maximum atomic E-state index is 14.4. The highest BCUT2D eigenvalue weighted by atomic mass is 32.2. The Morgan fingerprint density at radius 1 is 0.714 bits per heavy atom. The molecule has 0 N–H and O–H groups in total. The molecular weight excluding hydrogens is 454 g/mol. The molecule has 2 atom stereocenters. The summed E-state index contributed by atoms with van der Waals surface area (Å²) in [5, 5.41) is 1.37. The minimum atomic E-state index is -3.73. The fourth-order valence-corrected chi connectivity index (χ4v) is 6.97. The van der Waals surface area contributed by atoms with Gasteiger partial charge in [0.2, 0.25) is 0 Å². The average Bonchev–Trinajstić information content (AvgIpc) is 2.88. The van der Waals surface area contributed by atoms with Crippen molar-refractivity contribution >= 4 is 20.6 Å². The summed E-state index contributed by atoms with van der Waals surface area (Å²) in [7, 11) is -3.73. The van der Waals surface area contributed by atoms with Gasteiger partial charge in [0.15, 0.2) is 9.84 Å². The Bertz CT molecular complexity index is 1410. The van der Waals surface area contributed by atoms with Crippen molar-refractivity contribution < 1.29 is 13.2 Å². The second kappa shape index (κ2) is 9.94. The fourth-order valence-electron chi connectivity index (χ4n) is 4.99. The van der Waals surface area contributed by atoms with Crippen LogP contribution in [-0.2, 0) is 14.6 Å². The molecule has 0 bridgehead atoms. The number of ether oxygens (including phenoxy) is 1. The summed E-state index contributed by atoms with van der Waals surface area (Å²) in [4.78, 5) is 2.63. The van der Waals surface area contributed by atoms with Gasteiger partial charge in [0, 0.05) is 13.1 Å². The third-order valence-corrected chi connectivity index (χ3v) is 9.06. The van der Waals surface area contributed by atoms with Crippen LogP contribution >= 0.6 is 0 Å². The summed E-state index contributed by atoms with van der Waals surface area (Å²) in [5.41, 5.74) is 4.00. The lowest BCUT2D eigenvalue weighted by atomic mass is 9.94. The van der Waals surface area contributed by atoms with Crippen LogP contribution in [0.4, 0.5) is 0 Å². The van der Waals surface area contributed by atoms with Crippen LogP contribution in [0.5, 0.6) is 0 Å². The second-order valence-corrected chi connectivity index (χ2v) is 11.5.